The van der Waals surface area contributed by atoms with Gasteiger partial charge in [-0.3, -0.25) is 4.79 Å². The minimum absolute atomic E-state index is 0.253. The van der Waals surface area contributed by atoms with Gasteiger partial charge in [-0.05, 0) is 48.9 Å². The summed E-state index contributed by atoms with van der Waals surface area (Å²) in [6.45, 7) is 3.01. The number of fused-ring (bicyclic) bond motifs is 1. The lowest BCUT2D eigenvalue weighted by Gasteiger charge is -2.10. The van der Waals surface area contributed by atoms with Crippen molar-refractivity contribution in [1.82, 2.24) is 24.6 Å². The Morgan fingerprint density at radius 2 is 1.69 bits per heavy atom. The van der Waals surface area contributed by atoms with Crippen LogP contribution in [0.2, 0.25) is 0 Å². The molecule has 1 N–H and O–H groups in total. The van der Waals surface area contributed by atoms with Crippen molar-refractivity contribution in [3.05, 3.63) is 90.5 Å². The predicted octanol–water partition coefficient (Wildman–Crippen LogP) is 4.64. The summed E-state index contributed by atoms with van der Waals surface area (Å²) in [7, 11) is 3.18. The van der Waals surface area contributed by atoms with Crippen LogP contribution in [0.15, 0.2) is 79.0 Å². The standard InChI is InChI=1S/C28H27N5O3/c1-19-30-23-11-7-8-12-24(23)32(19)16-15-29-28(34)27-22(18-33(31-27)21-9-5-4-6-10-21)20-13-14-25(35-2)26(17-20)36-3/h4-14,17-18H,15-16H2,1-3H3,(H,29,34). The summed E-state index contributed by atoms with van der Waals surface area (Å²) >= 11 is 0. The van der Waals surface area contributed by atoms with E-state index < -0.39 is 0 Å². The maximum atomic E-state index is 13.4. The molecule has 8 heteroatoms. The maximum Gasteiger partial charge on any atom is 0.272 e. The summed E-state index contributed by atoms with van der Waals surface area (Å²) in [4.78, 5) is 18.0. The molecule has 5 rings (SSSR count). The Morgan fingerprint density at radius 3 is 2.47 bits per heavy atom. The van der Waals surface area contributed by atoms with Gasteiger partial charge in [0.15, 0.2) is 17.2 Å². The Bertz CT molecular complexity index is 1520. The highest BCUT2D eigenvalue weighted by atomic mass is 16.5. The fraction of sp³-hybridized carbons (Fsp3) is 0.179. The molecule has 5 aromatic rings. The summed E-state index contributed by atoms with van der Waals surface area (Å²) in [5.74, 6) is 1.85. The van der Waals surface area contributed by atoms with Crippen LogP contribution in [0, 0.1) is 6.92 Å². The minimum atomic E-state index is -0.253. The van der Waals surface area contributed by atoms with E-state index in [1.807, 2.05) is 85.9 Å². The third-order valence-electron chi connectivity index (χ3n) is 6.11. The average Bonchev–Trinajstić information content (AvgIpc) is 3.50. The van der Waals surface area contributed by atoms with Crippen LogP contribution in [-0.4, -0.2) is 46.0 Å². The highest BCUT2D eigenvalue weighted by molar-refractivity contribution is 5.99. The Labute approximate surface area is 209 Å². The number of hydrogen-bond donors (Lipinski definition) is 1. The van der Waals surface area contributed by atoms with E-state index in [2.05, 4.69) is 20.0 Å². The monoisotopic (exact) mass is 481 g/mol. The maximum absolute atomic E-state index is 13.4. The Balaban J connectivity index is 1.44. The number of imidazole rings is 1. The van der Waals surface area contributed by atoms with Gasteiger partial charge in [-0.15, -0.1) is 0 Å². The number of amides is 1. The molecule has 0 unspecified atom stereocenters. The average molecular weight is 482 g/mol. The lowest BCUT2D eigenvalue weighted by atomic mass is 10.1. The Hall–Kier alpha value is -4.59. The molecular formula is C28H27N5O3. The molecule has 0 spiro atoms. The van der Waals surface area contributed by atoms with E-state index in [4.69, 9.17) is 9.47 Å². The second kappa shape index (κ2) is 9.95. The SMILES string of the molecule is COc1ccc(-c2cn(-c3ccccc3)nc2C(=O)NCCn2c(C)nc3ccccc32)cc1OC. The van der Waals surface area contributed by atoms with Crippen molar-refractivity contribution in [2.45, 2.75) is 13.5 Å². The van der Waals surface area contributed by atoms with Gasteiger partial charge >= 0.3 is 0 Å². The number of carbonyl (C=O) groups is 1. The van der Waals surface area contributed by atoms with Crippen LogP contribution in [0.3, 0.4) is 0 Å². The lowest BCUT2D eigenvalue weighted by molar-refractivity contribution is 0.0947. The van der Waals surface area contributed by atoms with Crippen molar-refractivity contribution in [3.63, 3.8) is 0 Å². The Morgan fingerprint density at radius 1 is 0.944 bits per heavy atom. The van der Waals surface area contributed by atoms with Crippen LogP contribution in [0.1, 0.15) is 16.3 Å². The number of aromatic nitrogens is 4. The number of ether oxygens (including phenoxy) is 2. The number of carbonyl (C=O) groups excluding carboxylic acids is 1. The molecule has 0 aliphatic rings. The van der Waals surface area contributed by atoms with Crippen molar-refractivity contribution in [2.24, 2.45) is 0 Å². The zero-order chi connectivity index (χ0) is 25.1. The van der Waals surface area contributed by atoms with E-state index in [1.165, 1.54) is 0 Å². The van der Waals surface area contributed by atoms with Crippen LogP contribution in [0.25, 0.3) is 27.8 Å². The number of aryl methyl sites for hydroxylation is 1. The van der Waals surface area contributed by atoms with Crippen molar-refractivity contribution in [1.29, 1.82) is 0 Å². The number of hydrogen-bond acceptors (Lipinski definition) is 5. The highest BCUT2D eigenvalue weighted by Gasteiger charge is 2.20. The number of nitrogens with one attached hydrogen (secondary N) is 1. The summed E-state index contributed by atoms with van der Waals surface area (Å²) in [5.41, 5.74) is 4.68. The molecule has 2 heterocycles. The zero-order valence-electron chi connectivity index (χ0n) is 20.4. The second-order valence-electron chi connectivity index (χ2n) is 8.30. The fourth-order valence-corrected chi connectivity index (χ4v) is 4.31. The van der Waals surface area contributed by atoms with Gasteiger partial charge in [0.25, 0.3) is 5.91 Å². The molecule has 0 saturated carbocycles. The van der Waals surface area contributed by atoms with E-state index >= 15 is 0 Å². The van der Waals surface area contributed by atoms with E-state index in [-0.39, 0.29) is 5.91 Å². The first-order valence-electron chi connectivity index (χ1n) is 11.7. The van der Waals surface area contributed by atoms with Gasteiger partial charge in [-0.1, -0.05) is 36.4 Å². The highest BCUT2D eigenvalue weighted by Crippen LogP contribution is 2.34. The van der Waals surface area contributed by atoms with Gasteiger partial charge in [-0.25, -0.2) is 9.67 Å². The first kappa shape index (κ1) is 23.2. The van der Waals surface area contributed by atoms with Crippen LogP contribution in [0.5, 0.6) is 11.5 Å². The van der Waals surface area contributed by atoms with Crippen LogP contribution < -0.4 is 14.8 Å². The largest absolute Gasteiger partial charge is 0.493 e. The number of para-hydroxylation sites is 3. The fourth-order valence-electron chi connectivity index (χ4n) is 4.31. The van der Waals surface area contributed by atoms with Gasteiger partial charge in [0, 0.05) is 24.8 Å². The van der Waals surface area contributed by atoms with Crippen LogP contribution in [0.4, 0.5) is 0 Å². The van der Waals surface area contributed by atoms with Crippen molar-refractivity contribution >= 4 is 16.9 Å². The van der Waals surface area contributed by atoms with Gasteiger partial charge < -0.3 is 19.4 Å². The first-order valence-corrected chi connectivity index (χ1v) is 11.7. The molecule has 182 valence electrons. The molecule has 36 heavy (non-hydrogen) atoms. The molecule has 2 aromatic heterocycles. The van der Waals surface area contributed by atoms with Gasteiger partial charge in [-0.2, -0.15) is 5.10 Å². The third-order valence-corrected chi connectivity index (χ3v) is 6.11. The summed E-state index contributed by atoms with van der Waals surface area (Å²) in [5, 5.41) is 7.69. The molecule has 3 aromatic carbocycles. The summed E-state index contributed by atoms with van der Waals surface area (Å²) in [6.07, 6.45) is 1.86. The zero-order valence-corrected chi connectivity index (χ0v) is 20.4. The molecule has 0 radical (unpaired) electrons. The van der Waals surface area contributed by atoms with Gasteiger partial charge in [0.05, 0.1) is 30.9 Å². The normalized spacial score (nSPS) is 11.0. The second-order valence-corrected chi connectivity index (χ2v) is 8.30. The minimum Gasteiger partial charge on any atom is -0.493 e. The number of nitrogens with zero attached hydrogens (tertiary/aromatic N) is 4. The van der Waals surface area contributed by atoms with Gasteiger partial charge in [0.2, 0.25) is 0 Å². The van der Waals surface area contributed by atoms with Crippen LogP contribution >= 0.6 is 0 Å². The molecule has 0 fully saturated rings. The van der Waals surface area contributed by atoms with E-state index in [1.54, 1.807) is 18.9 Å². The van der Waals surface area contributed by atoms with Crippen molar-refractivity contribution < 1.29 is 14.3 Å². The third kappa shape index (κ3) is 4.40. The predicted molar refractivity (Wildman–Crippen MR) is 139 cm³/mol. The van der Waals surface area contributed by atoms with E-state index in [9.17, 15) is 4.79 Å². The molecule has 0 bridgehead atoms. The molecule has 0 atom stereocenters. The molecule has 1 amide bonds. The number of methoxy groups -OCH3 is 2. The molecule has 0 aliphatic carbocycles. The first-order chi connectivity index (χ1) is 17.6. The molecule has 8 nitrogen and oxygen atoms in total. The molecule has 0 saturated heterocycles. The Kier molecular flexibility index (Phi) is 6.40. The van der Waals surface area contributed by atoms with Crippen molar-refractivity contribution in [3.8, 4) is 28.3 Å². The van der Waals surface area contributed by atoms with E-state index in [0.717, 1.165) is 28.1 Å². The van der Waals surface area contributed by atoms with Crippen molar-refractivity contribution in [2.75, 3.05) is 20.8 Å². The topological polar surface area (TPSA) is 83.2 Å². The number of benzene rings is 3. The van der Waals surface area contributed by atoms with E-state index in [0.29, 0.717) is 35.8 Å². The quantitative estimate of drug-likeness (QED) is 0.349. The smallest absolute Gasteiger partial charge is 0.272 e. The van der Waals surface area contributed by atoms with Crippen LogP contribution in [-0.2, 0) is 6.54 Å². The summed E-state index contributed by atoms with van der Waals surface area (Å²) in [6, 6.07) is 23.3. The number of rotatable bonds is 8. The lowest BCUT2D eigenvalue weighted by Crippen LogP contribution is -2.28. The molecule has 0 aliphatic heterocycles. The molecular weight excluding hydrogens is 454 g/mol. The van der Waals surface area contributed by atoms with Gasteiger partial charge in [0.1, 0.15) is 5.82 Å². The summed E-state index contributed by atoms with van der Waals surface area (Å²) < 4.78 is 14.7.